The second kappa shape index (κ2) is 6.82. The van der Waals surface area contributed by atoms with Crippen LogP contribution in [0.4, 0.5) is 0 Å². The van der Waals surface area contributed by atoms with Crippen LogP contribution in [-0.4, -0.2) is 46.8 Å². The lowest BCUT2D eigenvalue weighted by atomic mass is 9.81. The average molecular weight is 335 g/mol. The normalized spacial score (nSPS) is 28.3. The van der Waals surface area contributed by atoms with Crippen LogP contribution in [0.3, 0.4) is 0 Å². The lowest BCUT2D eigenvalue weighted by Crippen LogP contribution is -2.38. The standard InChI is InChI=1S/C18H29N3O3/c1-5-14(22)21-9-6-7-12(11-21)16-19-20-17(24-16)13-8-10-23-15(13)18(2,3)4/h12-13,15H,5-11H2,1-4H3/t12-,13+,15+/m1/s1. The van der Waals surface area contributed by atoms with Gasteiger partial charge in [-0.25, -0.2) is 0 Å². The van der Waals surface area contributed by atoms with Crippen LogP contribution >= 0.6 is 0 Å². The van der Waals surface area contributed by atoms with Crippen molar-refractivity contribution in [1.82, 2.24) is 15.1 Å². The summed E-state index contributed by atoms with van der Waals surface area (Å²) in [6, 6.07) is 0. The molecule has 134 valence electrons. The first-order valence-electron chi connectivity index (χ1n) is 9.12. The summed E-state index contributed by atoms with van der Waals surface area (Å²) in [5, 5.41) is 8.64. The molecule has 24 heavy (non-hydrogen) atoms. The molecule has 0 bridgehead atoms. The molecule has 0 radical (unpaired) electrons. The molecule has 1 aromatic rings. The van der Waals surface area contributed by atoms with E-state index in [1.165, 1.54) is 0 Å². The van der Waals surface area contributed by atoms with Crippen LogP contribution in [0, 0.1) is 5.41 Å². The first kappa shape index (κ1) is 17.4. The Bertz CT molecular complexity index is 578. The number of piperidine rings is 1. The van der Waals surface area contributed by atoms with Gasteiger partial charge in [-0.05, 0) is 24.7 Å². The summed E-state index contributed by atoms with van der Waals surface area (Å²) in [5.41, 5.74) is 0.0466. The molecule has 1 amide bonds. The molecule has 2 aliphatic rings. The number of aromatic nitrogens is 2. The molecule has 0 aromatic carbocycles. The number of hydrogen-bond donors (Lipinski definition) is 0. The molecule has 0 saturated carbocycles. The quantitative estimate of drug-likeness (QED) is 0.849. The first-order chi connectivity index (χ1) is 11.4. The minimum Gasteiger partial charge on any atom is -0.425 e. The van der Waals surface area contributed by atoms with Crippen molar-refractivity contribution in [2.75, 3.05) is 19.7 Å². The predicted octanol–water partition coefficient (Wildman–Crippen LogP) is 3.10. The van der Waals surface area contributed by atoms with E-state index >= 15 is 0 Å². The second-order valence-corrected chi connectivity index (χ2v) is 8.06. The SMILES string of the molecule is CCC(=O)N1CCC[C@@H](c2nnc([C@H]3CCO[C@@H]3C(C)(C)C)o2)C1. The van der Waals surface area contributed by atoms with Crippen LogP contribution in [-0.2, 0) is 9.53 Å². The van der Waals surface area contributed by atoms with E-state index in [4.69, 9.17) is 9.15 Å². The molecule has 3 rings (SSSR count). The summed E-state index contributed by atoms with van der Waals surface area (Å²) in [7, 11) is 0. The Labute approximate surface area is 143 Å². The largest absolute Gasteiger partial charge is 0.425 e. The summed E-state index contributed by atoms with van der Waals surface area (Å²) in [5.74, 6) is 1.91. The first-order valence-corrected chi connectivity index (χ1v) is 9.12. The van der Waals surface area contributed by atoms with Crippen molar-refractivity contribution in [1.29, 1.82) is 0 Å². The third-order valence-electron chi connectivity index (χ3n) is 5.14. The Hall–Kier alpha value is -1.43. The van der Waals surface area contributed by atoms with Gasteiger partial charge in [-0.15, -0.1) is 10.2 Å². The molecule has 6 nitrogen and oxygen atoms in total. The Morgan fingerprint density at radius 2 is 2.00 bits per heavy atom. The zero-order valence-corrected chi connectivity index (χ0v) is 15.2. The van der Waals surface area contributed by atoms with Crippen molar-refractivity contribution in [3.05, 3.63) is 11.8 Å². The molecular weight excluding hydrogens is 306 g/mol. The Kier molecular flexibility index (Phi) is 4.95. The minimum absolute atomic E-state index is 0.0466. The molecule has 6 heteroatoms. The summed E-state index contributed by atoms with van der Waals surface area (Å²) >= 11 is 0. The molecule has 1 aromatic heterocycles. The zero-order chi connectivity index (χ0) is 17.3. The number of likely N-dealkylation sites (tertiary alicyclic amines) is 1. The molecule has 0 spiro atoms. The summed E-state index contributed by atoms with van der Waals surface area (Å²) in [6.45, 7) is 10.7. The smallest absolute Gasteiger partial charge is 0.222 e. The van der Waals surface area contributed by atoms with Crippen molar-refractivity contribution in [2.24, 2.45) is 5.41 Å². The number of rotatable bonds is 3. The van der Waals surface area contributed by atoms with E-state index < -0.39 is 0 Å². The minimum atomic E-state index is 0.0466. The van der Waals surface area contributed by atoms with E-state index in [1.54, 1.807) is 0 Å². The lowest BCUT2D eigenvalue weighted by Gasteiger charge is -2.31. The summed E-state index contributed by atoms with van der Waals surface area (Å²) in [4.78, 5) is 13.9. The summed E-state index contributed by atoms with van der Waals surface area (Å²) < 4.78 is 12.0. The number of ether oxygens (including phenoxy) is 1. The van der Waals surface area contributed by atoms with Gasteiger partial charge in [0.25, 0.3) is 0 Å². The maximum absolute atomic E-state index is 12.0. The number of carbonyl (C=O) groups is 1. The highest BCUT2D eigenvalue weighted by atomic mass is 16.5. The monoisotopic (exact) mass is 335 g/mol. The maximum Gasteiger partial charge on any atom is 0.222 e. The third kappa shape index (κ3) is 3.48. The van der Waals surface area contributed by atoms with Crippen molar-refractivity contribution >= 4 is 5.91 Å². The van der Waals surface area contributed by atoms with Crippen molar-refractivity contribution in [3.8, 4) is 0 Å². The molecule has 2 aliphatic heterocycles. The number of nitrogens with zero attached hydrogens (tertiary/aromatic N) is 3. The fraction of sp³-hybridized carbons (Fsp3) is 0.833. The van der Waals surface area contributed by atoms with Crippen molar-refractivity contribution in [2.45, 2.75) is 71.3 Å². The van der Waals surface area contributed by atoms with Gasteiger partial charge in [0.15, 0.2) is 0 Å². The van der Waals surface area contributed by atoms with E-state index in [0.717, 1.165) is 32.4 Å². The van der Waals surface area contributed by atoms with Gasteiger partial charge in [-0.2, -0.15) is 0 Å². The predicted molar refractivity (Wildman–Crippen MR) is 89.7 cm³/mol. The van der Waals surface area contributed by atoms with Crippen LogP contribution in [0.5, 0.6) is 0 Å². The summed E-state index contributed by atoms with van der Waals surface area (Å²) in [6.07, 6.45) is 3.57. The van der Waals surface area contributed by atoms with Gasteiger partial charge in [0.2, 0.25) is 17.7 Å². The van der Waals surface area contributed by atoms with Gasteiger partial charge in [-0.1, -0.05) is 27.7 Å². The van der Waals surface area contributed by atoms with E-state index in [0.29, 0.717) is 24.7 Å². The van der Waals surface area contributed by atoms with E-state index in [2.05, 4.69) is 31.0 Å². The van der Waals surface area contributed by atoms with Crippen LogP contribution < -0.4 is 0 Å². The Morgan fingerprint density at radius 3 is 2.71 bits per heavy atom. The van der Waals surface area contributed by atoms with Gasteiger partial charge in [0.1, 0.15) is 0 Å². The van der Waals surface area contributed by atoms with E-state index in [9.17, 15) is 4.79 Å². The van der Waals surface area contributed by atoms with Crippen LogP contribution in [0.2, 0.25) is 0 Å². The number of hydrogen-bond acceptors (Lipinski definition) is 5. The maximum atomic E-state index is 12.0. The molecule has 3 atom stereocenters. The van der Waals surface area contributed by atoms with E-state index in [1.807, 2.05) is 11.8 Å². The molecule has 3 heterocycles. The Morgan fingerprint density at radius 1 is 1.25 bits per heavy atom. The fourth-order valence-electron chi connectivity index (χ4n) is 3.89. The lowest BCUT2D eigenvalue weighted by molar-refractivity contribution is -0.132. The van der Waals surface area contributed by atoms with E-state index in [-0.39, 0.29) is 29.3 Å². The number of amides is 1. The van der Waals surface area contributed by atoms with Crippen molar-refractivity contribution in [3.63, 3.8) is 0 Å². The average Bonchev–Trinajstić information content (AvgIpc) is 3.22. The molecule has 0 aliphatic carbocycles. The van der Waals surface area contributed by atoms with Gasteiger partial charge in [0.05, 0.1) is 17.9 Å². The van der Waals surface area contributed by atoms with Crippen LogP contribution in [0.1, 0.15) is 77.0 Å². The Balaban J connectivity index is 1.72. The van der Waals surface area contributed by atoms with Crippen LogP contribution in [0.15, 0.2) is 4.42 Å². The highest BCUT2D eigenvalue weighted by Crippen LogP contribution is 2.41. The van der Waals surface area contributed by atoms with Gasteiger partial charge in [-0.3, -0.25) is 4.79 Å². The topological polar surface area (TPSA) is 68.5 Å². The van der Waals surface area contributed by atoms with Gasteiger partial charge in [0, 0.05) is 26.1 Å². The zero-order valence-electron chi connectivity index (χ0n) is 15.2. The highest BCUT2D eigenvalue weighted by Gasteiger charge is 2.41. The fourth-order valence-corrected chi connectivity index (χ4v) is 3.89. The molecule has 0 unspecified atom stereocenters. The van der Waals surface area contributed by atoms with Crippen LogP contribution in [0.25, 0.3) is 0 Å². The second-order valence-electron chi connectivity index (χ2n) is 8.06. The number of carbonyl (C=O) groups excluding carboxylic acids is 1. The van der Waals surface area contributed by atoms with Gasteiger partial charge >= 0.3 is 0 Å². The van der Waals surface area contributed by atoms with Gasteiger partial charge < -0.3 is 14.1 Å². The molecular formula is C18H29N3O3. The highest BCUT2D eigenvalue weighted by molar-refractivity contribution is 5.75. The van der Waals surface area contributed by atoms with Crippen molar-refractivity contribution < 1.29 is 13.9 Å². The third-order valence-corrected chi connectivity index (χ3v) is 5.14. The molecule has 0 N–H and O–H groups in total. The molecule has 2 fully saturated rings. The molecule has 2 saturated heterocycles.